The molecular weight excluding hydrogens is 631 g/mol. The normalized spacial score (nSPS) is 13.9. The van der Waals surface area contributed by atoms with Gasteiger partial charge in [-0.3, -0.25) is 0 Å². The topological polar surface area (TPSA) is 57.2 Å². The van der Waals surface area contributed by atoms with Crippen LogP contribution in [0.3, 0.4) is 0 Å². The van der Waals surface area contributed by atoms with Gasteiger partial charge in [0.2, 0.25) is 0 Å². The molecule has 6 aromatic rings. The molecule has 2 aliphatic rings. The number of phenols is 1. The number of para-hydroxylation sites is 1. The second-order valence-corrected chi connectivity index (χ2v) is 14.0. The van der Waals surface area contributed by atoms with Crippen molar-refractivity contribution in [2.24, 2.45) is 0 Å². The minimum Gasteiger partial charge on any atom is -0.508 e. The highest BCUT2D eigenvalue weighted by molar-refractivity contribution is 5.59. The number of nitrogens with one attached hydrogen (secondary N) is 1. The number of benzene rings is 6. The summed E-state index contributed by atoms with van der Waals surface area (Å²) in [7, 11) is 0. The number of nitrogens with zero attached hydrogens (tertiary/aromatic N) is 2. The average molecular weight is 674 g/mol. The van der Waals surface area contributed by atoms with Crippen LogP contribution in [0.4, 0.5) is 17.1 Å². The molecule has 0 atom stereocenters. The summed E-state index contributed by atoms with van der Waals surface area (Å²) in [5.74, 6) is 2.09. The molecule has 0 spiro atoms. The van der Waals surface area contributed by atoms with Crippen LogP contribution in [0.2, 0.25) is 0 Å². The molecule has 51 heavy (non-hydrogen) atoms. The summed E-state index contributed by atoms with van der Waals surface area (Å²) in [6.45, 7) is 9.53. The van der Waals surface area contributed by atoms with Crippen LogP contribution in [-0.4, -0.2) is 18.6 Å². The summed E-state index contributed by atoms with van der Waals surface area (Å²) in [6, 6.07) is 46.5. The predicted octanol–water partition coefficient (Wildman–Crippen LogP) is 9.69. The van der Waals surface area contributed by atoms with Gasteiger partial charge in [0.25, 0.3) is 0 Å². The Balaban J connectivity index is 1.20. The molecule has 0 bridgehead atoms. The standard InChI is InChI=1S/C45H43N3O3/c1-31-9-7-13-40(21-31)47-27-34-24-37(16-19-43(34)50-29-47)45(3,36-15-18-42(49)33(23-36)26-46-39-11-5-4-6-12-39)38-17-20-44-35(25-38)28-48(30-51-44)41-14-8-10-32(2)22-41/h4-25,46,49H,26-30H2,1-3H3. The largest absolute Gasteiger partial charge is 0.508 e. The van der Waals surface area contributed by atoms with E-state index in [0.717, 1.165) is 75.0 Å². The Morgan fingerprint density at radius 2 is 1.14 bits per heavy atom. The zero-order chi connectivity index (χ0) is 35.0. The maximum absolute atomic E-state index is 11.1. The molecule has 2 N–H and O–H groups in total. The molecule has 2 heterocycles. The van der Waals surface area contributed by atoms with E-state index in [1.807, 2.05) is 36.4 Å². The van der Waals surface area contributed by atoms with E-state index in [1.165, 1.54) is 11.1 Å². The van der Waals surface area contributed by atoms with Gasteiger partial charge in [-0.25, -0.2) is 0 Å². The number of hydrogen-bond acceptors (Lipinski definition) is 6. The van der Waals surface area contributed by atoms with Crippen molar-refractivity contribution in [1.82, 2.24) is 0 Å². The first kappa shape index (κ1) is 32.3. The van der Waals surface area contributed by atoms with E-state index in [0.29, 0.717) is 20.0 Å². The molecule has 2 aliphatic heterocycles. The number of ether oxygens (including phenoxy) is 2. The Morgan fingerprint density at radius 3 is 1.69 bits per heavy atom. The zero-order valence-corrected chi connectivity index (χ0v) is 29.4. The highest BCUT2D eigenvalue weighted by Crippen LogP contribution is 2.44. The lowest BCUT2D eigenvalue weighted by molar-refractivity contribution is 0.289. The van der Waals surface area contributed by atoms with Crippen molar-refractivity contribution in [3.05, 3.63) is 178 Å². The van der Waals surface area contributed by atoms with Crippen LogP contribution in [0, 0.1) is 13.8 Å². The first-order valence-corrected chi connectivity index (χ1v) is 17.6. The van der Waals surface area contributed by atoms with Crippen molar-refractivity contribution in [1.29, 1.82) is 0 Å². The number of aromatic hydroxyl groups is 1. The molecule has 0 unspecified atom stereocenters. The first-order chi connectivity index (χ1) is 24.8. The lowest BCUT2D eigenvalue weighted by Crippen LogP contribution is -2.33. The minimum atomic E-state index is -0.573. The third kappa shape index (κ3) is 6.45. The Bertz CT molecular complexity index is 2090. The number of anilines is 3. The van der Waals surface area contributed by atoms with Gasteiger partial charge in [-0.2, -0.15) is 0 Å². The number of rotatable bonds is 8. The van der Waals surface area contributed by atoms with E-state index in [-0.39, 0.29) is 5.75 Å². The van der Waals surface area contributed by atoms with E-state index >= 15 is 0 Å². The third-order valence-electron chi connectivity index (χ3n) is 10.4. The van der Waals surface area contributed by atoms with Crippen molar-refractivity contribution in [2.75, 3.05) is 28.6 Å². The van der Waals surface area contributed by atoms with Crippen molar-refractivity contribution < 1.29 is 14.6 Å². The molecule has 6 heteroatoms. The summed E-state index contributed by atoms with van der Waals surface area (Å²) in [6.07, 6.45) is 0. The average Bonchev–Trinajstić information content (AvgIpc) is 3.16. The van der Waals surface area contributed by atoms with E-state index < -0.39 is 5.41 Å². The van der Waals surface area contributed by atoms with Gasteiger partial charge >= 0.3 is 0 Å². The van der Waals surface area contributed by atoms with Crippen molar-refractivity contribution in [3.63, 3.8) is 0 Å². The summed E-state index contributed by atoms with van der Waals surface area (Å²) in [5, 5.41) is 14.6. The van der Waals surface area contributed by atoms with Crippen molar-refractivity contribution in [2.45, 2.75) is 45.8 Å². The molecule has 256 valence electrons. The first-order valence-electron chi connectivity index (χ1n) is 17.6. The summed E-state index contributed by atoms with van der Waals surface area (Å²) in [4.78, 5) is 4.56. The van der Waals surface area contributed by atoms with Crippen LogP contribution in [0.15, 0.2) is 133 Å². The molecule has 0 aromatic heterocycles. The fourth-order valence-electron chi connectivity index (χ4n) is 7.38. The lowest BCUT2D eigenvalue weighted by atomic mass is 9.70. The van der Waals surface area contributed by atoms with Gasteiger partial charge < -0.3 is 29.7 Å². The quantitative estimate of drug-likeness (QED) is 0.157. The monoisotopic (exact) mass is 673 g/mol. The predicted molar refractivity (Wildman–Crippen MR) is 206 cm³/mol. The van der Waals surface area contributed by atoms with E-state index in [2.05, 4.69) is 133 Å². The Hall–Kier alpha value is -5.88. The second-order valence-electron chi connectivity index (χ2n) is 14.0. The second kappa shape index (κ2) is 13.4. The highest BCUT2D eigenvalue weighted by atomic mass is 16.5. The molecule has 8 rings (SSSR count). The molecule has 0 saturated carbocycles. The van der Waals surface area contributed by atoms with Crippen LogP contribution in [0.5, 0.6) is 17.2 Å². The summed E-state index contributed by atoms with van der Waals surface area (Å²) < 4.78 is 12.6. The number of fused-ring (bicyclic) bond motifs is 2. The van der Waals surface area contributed by atoms with E-state index in [9.17, 15) is 5.11 Å². The van der Waals surface area contributed by atoms with Crippen LogP contribution >= 0.6 is 0 Å². The van der Waals surface area contributed by atoms with Gasteiger partial charge in [0.05, 0.1) is 0 Å². The van der Waals surface area contributed by atoms with Crippen molar-refractivity contribution in [3.8, 4) is 17.2 Å². The Morgan fingerprint density at radius 1 is 0.608 bits per heavy atom. The highest BCUT2D eigenvalue weighted by Gasteiger charge is 2.35. The van der Waals surface area contributed by atoms with Gasteiger partial charge in [-0.15, -0.1) is 0 Å². The molecule has 0 amide bonds. The fraction of sp³-hybridized carbons (Fsp3) is 0.200. The van der Waals surface area contributed by atoms with E-state index in [4.69, 9.17) is 9.47 Å². The molecule has 6 aromatic carbocycles. The molecule has 6 nitrogen and oxygen atoms in total. The van der Waals surface area contributed by atoms with Gasteiger partial charge in [-0.1, -0.05) is 60.7 Å². The zero-order valence-electron chi connectivity index (χ0n) is 29.4. The SMILES string of the molecule is Cc1cccc(N2COc3ccc(C(C)(c4ccc(O)c(CNc5ccccc5)c4)c4ccc5c(c4)CN(c4cccc(C)c4)CO5)cc3C2)c1. The third-order valence-corrected chi connectivity index (χ3v) is 10.4. The number of aryl methyl sites for hydroxylation is 2. The van der Waals surface area contributed by atoms with Gasteiger partial charge in [-0.05, 0) is 121 Å². The smallest absolute Gasteiger partial charge is 0.161 e. The Labute approximate surface area is 300 Å². The van der Waals surface area contributed by atoms with Crippen LogP contribution < -0.4 is 24.6 Å². The summed E-state index contributed by atoms with van der Waals surface area (Å²) >= 11 is 0. The minimum absolute atomic E-state index is 0.268. The van der Waals surface area contributed by atoms with Crippen LogP contribution in [0.25, 0.3) is 0 Å². The van der Waals surface area contributed by atoms with Gasteiger partial charge in [0, 0.05) is 58.8 Å². The number of hydrogen-bond donors (Lipinski definition) is 2. The Kier molecular flexibility index (Phi) is 8.52. The number of phenolic OH excluding ortho intramolecular Hbond substituents is 1. The molecular formula is C45H43N3O3. The van der Waals surface area contributed by atoms with E-state index in [1.54, 1.807) is 0 Å². The molecule has 0 fully saturated rings. The molecule has 0 radical (unpaired) electrons. The lowest BCUT2D eigenvalue weighted by Gasteiger charge is -2.37. The van der Waals surface area contributed by atoms with Crippen LogP contribution in [-0.2, 0) is 25.0 Å². The van der Waals surface area contributed by atoms with Crippen LogP contribution in [0.1, 0.15) is 51.4 Å². The molecule has 0 saturated heterocycles. The maximum atomic E-state index is 11.1. The maximum Gasteiger partial charge on any atom is 0.161 e. The van der Waals surface area contributed by atoms with Gasteiger partial charge in [0.15, 0.2) is 13.5 Å². The van der Waals surface area contributed by atoms with Gasteiger partial charge in [0.1, 0.15) is 17.2 Å². The fourth-order valence-corrected chi connectivity index (χ4v) is 7.38. The molecule has 0 aliphatic carbocycles. The summed E-state index contributed by atoms with van der Waals surface area (Å²) in [5.41, 5.74) is 11.7. The van der Waals surface area contributed by atoms with Crippen molar-refractivity contribution >= 4 is 17.1 Å².